The minimum absolute atomic E-state index is 0.199. The van der Waals surface area contributed by atoms with E-state index in [4.69, 9.17) is 9.52 Å². The zero-order valence-corrected chi connectivity index (χ0v) is 9.91. The van der Waals surface area contributed by atoms with Crippen molar-refractivity contribution in [1.82, 2.24) is 9.55 Å². The van der Waals surface area contributed by atoms with E-state index in [0.717, 1.165) is 35.3 Å². The number of imidazole rings is 1. The molecule has 3 aromatic rings. The van der Waals surface area contributed by atoms with Gasteiger partial charge in [-0.2, -0.15) is 0 Å². The first kappa shape index (κ1) is 11.0. The molecule has 4 heteroatoms. The van der Waals surface area contributed by atoms with Crippen molar-refractivity contribution in [3.63, 3.8) is 0 Å². The Morgan fingerprint density at radius 3 is 3.00 bits per heavy atom. The van der Waals surface area contributed by atoms with E-state index in [-0.39, 0.29) is 6.61 Å². The van der Waals surface area contributed by atoms with Crippen molar-refractivity contribution in [2.24, 2.45) is 0 Å². The molecule has 0 saturated heterocycles. The van der Waals surface area contributed by atoms with E-state index in [1.165, 1.54) is 0 Å². The van der Waals surface area contributed by atoms with Crippen molar-refractivity contribution >= 4 is 11.0 Å². The zero-order chi connectivity index (χ0) is 12.4. The number of aliphatic hydroxyl groups excluding tert-OH is 1. The summed E-state index contributed by atoms with van der Waals surface area (Å²) in [7, 11) is 0. The van der Waals surface area contributed by atoms with E-state index in [0.29, 0.717) is 0 Å². The van der Waals surface area contributed by atoms with E-state index < -0.39 is 0 Å². The van der Waals surface area contributed by atoms with Gasteiger partial charge in [0.25, 0.3) is 0 Å². The minimum Gasteiger partial charge on any atom is -0.464 e. The molecule has 0 spiro atoms. The average Bonchev–Trinajstić information content (AvgIpc) is 3.05. The normalized spacial score (nSPS) is 11.2. The monoisotopic (exact) mass is 242 g/mol. The molecular formula is C14H14N2O2. The van der Waals surface area contributed by atoms with Gasteiger partial charge in [-0.25, -0.2) is 4.98 Å². The van der Waals surface area contributed by atoms with Crippen molar-refractivity contribution in [2.45, 2.75) is 13.0 Å². The molecule has 1 N–H and O–H groups in total. The summed E-state index contributed by atoms with van der Waals surface area (Å²) in [6, 6.07) is 9.89. The average molecular weight is 242 g/mol. The Kier molecular flexibility index (Phi) is 2.86. The van der Waals surface area contributed by atoms with E-state index >= 15 is 0 Å². The van der Waals surface area contributed by atoms with E-state index in [1.54, 1.807) is 6.26 Å². The van der Waals surface area contributed by atoms with Crippen molar-refractivity contribution in [3.05, 3.63) is 42.9 Å². The minimum atomic E-state index is 0.199. The largest absolute Gasteiger partial charge is 0.464 e. The predicted molar refractivity (Wildman–Crippen MR) is 69.1 cm³/mol. The van der Waals surface area contributed by atoms with Gasteiger partial charge in [0.1, 0.15) is 5.76 Å². The Hall–Kier alpha value is -2.07. The van der Waals surface area contributed by atoms with Gasteiger partial charge < -0.3 is 14.1 Å². The molecule has 0 amide bonds. The topological polar surface area (TPSA) is 51.2 Å². The fourth-order valence-electron chi connectivity index (χ4n) is 2.08. The molecule has 18 heavy (non-hydrogen) atoms. The van der Waals surface area contributed by atoms with Gasteiger partial charge in [0.2, 0.25) is 0 Å². The van der Waals surface area contributed by atoms with Gasteiger partial charge >= 0.3 is 0 Å². The summed E-state index contributed by atoms with van der Waals surface area (Å²) in [5.74, 6) is 0.849. The Labute approximate surface area is 104 Å². The SMILES string of the molecule is OCCCn1cnc2cc(-c3ccco3)ccc21. The van der Waals surface area contributed by atoms with Crippen LogP contribution in [0.1, 0.15) is 6.42 Å². The number of hydrogen-bond donors (Lipinski definition) is 1. The van der Waals surface area contributed by atoms with Crippen LogP contribution in [0, 0.1) is 0 Å². The maximum Gasteiger partial charge on any atom is 0.133 e. The van der Waals surface area contributed by atoms with Crippen molar-refractivity contribution in [3.8, 4) is 11.3 Å². The van der Waals surface area contributed by atoms with Crippen LogP contribution in [0.2, 0.25) is 0 Å². The Morgan fingerprint density at radius 2 is 2.22 bits per heavy atom. The number of aromatic nitrogens is 2. The maximum atomic E-state index is 8.86. The molecule has 92 valence electrons. The second-order valence-electron chi connectivity index (χ2n) is 4.20. The van der Waals surface area contributed by atoms with Crippen LogP contribution in [0.25, 0.3) is 22.4 Å². The van der Waals surface area contributed by atoms with Crippen LogP contribution in [-0.4, -0.2) is 21.3 Å². The third kappa shape index (κ3) is 1.91. The highest BCUT2D eigenvalue weighted by Gasteiger charge is 2.06. The molecule has 0 bridgehead atoms. The highest BCUT2D eigenvalue weighted by molar-refractivity contribution is 5.80. The number of aryl methyl sites for hydroxylation is 1. The first-order valence-corrected chi connectivity index (χ1v) is 5.98. The fraction of sp³-hybridized carbons (Fsp3) is 0.214. The number of furan rings is 1. The highest BCUT2D eigenvalue weighted by Crippen LogP contribution is 2.24. The molecular weight excluding hydrogens is 228 g/mol. The van der Waals surface area contributed by atoms with Crippen molar-refractivity contribution in [1.29, 1.82) is 0 Å². The maximum absolute atomic E-state index is 8.86. The lowest BCUT2D eigenvalue weighted by molar-refractivity contribution is 0.280. The second kappa shape index (κ2) is 4.66. The molecule has 1 aromatic carbocycles. The first-order chi connectivity index (χ1) is 8.88. The molecule has 0 radical (unpaired) electrons. The summed E-state index contributed by atoms with van der Waals surface area (Å²) >= 11 is 0. The molecule has 3 rings (SSSR count). The summed E-state index contributed by atoms with van der Waals surface area (Å²) in [5.41, 5.74) is 3.06. The van der Waals surface area contributed by atoms with Crippen LogP contribution in [0.4, 0.5) is 0 Å². The van der Waals surface area contributed by atoms with Gasteiger partial charge in [-0.05, 0) is 36.8 Å². The predicted octanol–water partition coefficient (Wildman–Crippen LogP) is 2.68. The number of benzene rings is 1. The Bertz CT molecular complexity index is 641. The van der Waals surface area contributed by atoms with Crippen LogP contribution in [0.15, 0.2) is 47.3 Å². The van der Waals surface area contributed by atoms with Crippen LogP contribution < -0.4 is 0 Å². The van der Waals surface area contributed by atoms with Crippen LogP contribution >= 0.6 is 0 Å². The highest BCUT2D eigenvalue weighted by atomic mass is 16.3. The molecule has 0 aliphatic heterocycles. The molecule has 0 saturated carbocycles. The van der Waals surface area contributed by atoms with Gasteiger partial charge in [0.05, 0.1) is 23.6 Å². The van der Waals surface area contributed by atoms with Crippen LogP contribution in [0.5, 0.6) is 0 Å². The third-order valence-electron chi connectivity index (χ3n) is 2.98. The summed E-state index contributed by atoms with van der Waals surface area (Å²) in [5, 5.41) is 8.86. The third-order valence-corrected chi connectivity index (χ3v) is 2.98. The molecule has 2 aromatic heterocycles. The quantitative estimate of drug-likeness (QED) is 0.765. The Morgan fingerprint density at radius 1 is 1.28 bits per heavy atom. The van der Waals surface area contributed by atoms with E-state index in [2.05, 4.69) is 9.55 Å². The number of hydrogen-bond acceptors (Lipinski definition) is 3. The fourth-order valence-corrected chi connectivity index (χ4v) is 2.08. The molecule has 0 atom stereocenters. The van der Waals surface area contributed by atoms with Gasteiger partial charge in [0.15, 0.2) is 0 Å². The van der Waals surface area contributed by atoms with Crippen molar-refractivity contribution in [2.75, 3.05) is 6.61 Å². The summed E-state index contributed by atoms with van der Waals surface area (Å²) in [4.78, 5) is 4.38. The molecule has 2 heterocycles. The summed E-state index contributed by atoms with van der Waals surface area (Å²) in [6.45, 7) is 0.983. The Balaban J connectivity index is 1.99. The zero-order valence-electron chi connectivity index (χ0n) is 9.91. The summed E-state index contributed by atoms with van der Waals surface area (Å²) in [6.07, 6.45) is 4.22. The number of rotatable bonds is 4. The van der Waals surface area contributed by atoms with Gasteiger partial charge in [-0.15, -0.1) is 0 Å². The van der Waals surface area contributed by atoms with Crippen molar-refractivity contribution < 1.29 is 9.52 Å². The molecule has 0 fully saturated rings. The summed E-state index contributed by atoms with van der Waals surface area (Å²) < 4.78 is 7.43. The lowest BCUT2D eigenvalue weighted by Crippen LogP contribution is -1.98. The molecule has 0 unspecified atom stereocenters. The van der Waals surface area contributed by atoms with E-state index in [9.17, 15) is 0 Å². The molecule has 4 nitrogen and oxygen atoms in total. The van der Waals surface area contributed by atoms with Gasteiger partial charge in [-0.1, -0.05) is 0 Å². The van der Waals surface area contributed by atoms with Crippen LogP contribution in [0.3, 0.4) is 0 Å². The number of aliphatic hydroxyl groups is 1. The van der Waals surface area contributed by atoms with Gasteiger partial charge in [-0.3, -0.25) is 0 Å². The lowest BCUT2D eigenvalue weighted by Gasteiger charge is -2.02. The molecule has 0 aliphatic carbocycles. The van der Waals surface area contributed by atoms with E-state index in [1.807, 2.05) is 36.7 Å². The first-order valence-electron chi connectivity index (χ1n) is 5.98. The smallest absolute Gasteiger partial charge is 0.133 e. The number of nitrogens with zero attached hydrogens (tertiary/aromatic N) is 2. The van der Waals surface area contributed by atoms with Crippen LogP contribution in [-0.2, 0) is 6.54 Å². The number of fused-ring (bicyclic) bond motifs is 1. The lowest BCUT2D eigenvalue weighted by atomic mass is 10.1. The van der Waals surface area contributed by atoms with Gasteiger partial charge in [0, 0.05) is 18.7 Å². The molecule has 0 aliphatic rings. The standard InChI is InChI=1S/C14H14N2O2/c17-7-2-6-16-10-15-12-9-11(4-5-13(12)16)14-3-1-8-18-14/h1,3-5,8-10,17H,2,6-7H2. The second-order valence-corrected chi connectivity index (χ2v) is 4.20.